The van der Waals surface area contributed by atoms with Crippen LogP contribution in [0.1, 0.15) is 5.56 Å². The van der Waals surface area contributed by atoms with Crippen LogP contribution in [-0.4, -0.2) is 16.6 Å². The number of aromatic nitrogens is 1. The van der Waals surface area contributed by atoms with Crippen LogP contribution in [0.25, 0.3) is 10.2 Å². The highest BCUT2D eigenvalue weighted by molar-refractivity contribution is 8.01. The summed E-state index contributed by atoms with van der Waals surface area (Å²) in [5, 5.41) is 11.8. The van der Waals surface area contributed by atoms with Crippen LogP contribution in [0, 0.1) is 11.3 Å². The van der Waals surface area contributed by atoms with E-state index in [1.807, 2.05) is 24.3 Å². The first-order chi connectivity index (χ1) is 10.8. The van der Waals surface area contributed by atoms with E-state index >= 15 is 0 Å². The number of thioether (sulfide) groups is 1. The predicted octanol–water partition coefficient (Wildman–Crippen LogP) is 3.90. The topological polar surface area (TPSA) is 65.8 Å². The predicted molar refractivity (Wildman–Crippen MR) is 90.1 cm³/mol. The summed E-state index contributed by atoms with van der Waals surface area (Å²) >= 11 is 2.97. The number of fused-ring (bicyclic) bond motifs is 1. The van der Waals surface area contributed by atoms with Crippen molar-refractivity contribution in [1.29, 1.82) is 5.26 Å². The molecule has 2 aromatic carbocycles. The van der Waals surface area contributed by atoms with Crippen molar-refractivity contribution in [1.82, 2.24) is 4.98 Å². The number of amides is 1. The number of thiazole rings is 1. The molecule has 0 unspecified atom stereocenters. The molecule has 1 heterocycles. The second-order valence-electron chi connectivity index (χ2n) is 4.44. The van der Waals surface area contributed by atoms with E-state index in [0.29, 0.717) is 11.3 Å². The van der Waals surface area contributed by atoms with Crippen LogP contribution in [0.2, 0.25) is 0 Å². The van der Waals surface area contributed by atoms with Gasteiger partial charge in [0.2, 0.25) is 5.91 Å². The Kier molecular flexibility index (Phi) is 4.37. The van der Waals surface area contributed by atoms with E-state index in [2.05, 4.69) is 16.4 Å². The second kappa shape index (κ2) is 6.60. The number of nitrogens with one attached hydrogen (secondary N) is 1. The molecule has 22 heavy (non-hydrogen) atoms. The van der Waals surface area contributed by atoms with Gasteiger partial charge in [0.25, 0.3) is 0 Å². The molecule has 0 spiro atoms. The lowest BCUT2D eigenvalue weighted by atomic mass is 10.2. The Hall–Kier alpha value is -2.36. The summed E-state index contributed by atoms with van der Waals surface area (Å²) < 4.78 is 1.98. The Morgan fingerprint density at radius 1 is 1.23 bits per heavy atom. The van der Waals surface area contributed by atoms with Crippen molar-refractivity contribution in [2.24, 2.45) is 0 Å². The number of carbonyl (C=O) groups excluding carboxylic acids is 1. The minimum Gasteiger partial charge on any atom is -0.324 e. The molecule has 4 nitrogen and oxygen atoms in total. The summed E-state index contributed by atoms with van der Waals surface area (Å²) in [6.45, 7) is 0. The van der Waals surface area contributed by atoms with Crippen molar-refractivity contribution in [3.05, 3.63) is 54.1 Å². The van der Waals surface area contributed by atoms with E-state index in [1.165, 1.54) is 11.8 Å². The van der Waals surface area contributed by atoms with E-state index in [-0.39, 0.29) is 11.7 Å². The van der Waals surface area contributed by atoms with Crippen LogP contribution in [0.3, 0.4) is 0 Å². The number of carbonyl (C=O) groups is 1. The number of anilines is 1. The van der Waals surface area contributed by atoms with Gasteiger partial charge in [-0.25, -0.2) is 4.98 Å². The lowest BCUT2D eigenvalue weighted by Gasteiger charge is -2.05. The minimum atomic E-state index is -0.146. The maximum atomic E-state index is 12.0. The average Bonchev–Trinajstić information content (AvgIpc) is 2.96. The molecule has 108 valence electrons. The first-order valence-electron chi connectivity index (χ1n) is 6.53. The summed E-state index contributed by atoms with van der Waals surface area (Å²) in [4.78, 5) is 16.5. The summed E-state index contributed by atoms with van der Waals surface area (Å²) in [5.41, 5.74) is 1.95. The lowest BCUT2D eigenvalue weighted by molar-refractivity contribution is -0.113. The molecule has 0 bridgehead atoms. The summed E-state index contributed by atoms with van der Waals surface area (Å²) in [6.07, 6.45) is 0. The van der Waals surface area contributed by atoms with Gasteiger partial charge < -0.3 is 5.32 Å². The van der Waals surface area contributed by atoms with E-state index in [4.69, 9.17) is 5.26 Å². The third-order valence-electron chi connectivity index (χ3n) is 2.92. The van der Waals surface area contributed by atoms with Crippen LogP contribution in [0.4, 0.5) is 5.69 Å². The van der Waals surface area contributed by atoms with Gasteiger partial charge in [0.1, 0.15) is 6.07 Å². The first-order valence-corrected chi connectivity index (χ1v) is 8.34. The van der Waals surface area contributed by atoms with Gasteiger partial charge in [-0.1, -0.05) is 36.0 Å². The van der Waals surface area contributed by atoms with E-state index in [1.54, 1.807) is 35.6 Å². The molecule has 0 aliphatic rings. The number of para-hydroxylation sites is 2. The lowest BCUT2D eigenvalue weighted by Crippen LogP contribution is -2.14. The van der Waals surface area contributed by atoms with Crippen molar-refractivity contribution >= 4 is 44.9 Å². The largest absolute Gasteiger partial charge is 0.324 e. The van der Waals surface area contributed by atoms with Crippen LogP contribution in [-0.2, 0) is 4.79 Å². The average molecular weight is 325 g/mol. The molecule has 0 saturated heterocycles. The molecule has 1 aromatic heterocycles. The second-order valence-corrected chi connectivity index (χ2v) is 6.69. The van der Waals surface area contributed by atoms with Gasteiger partial charge in [-0.15, -0.1) is 11.3 Å². The van der Waals surface area contributed by atoms with Gasteiger partial charge in [0.05, 0.1) is 27.2 Å². The van der Waals surface area contributed by atoms with Crippen molar-refractivity contribution in [2.75, 3.05) is 11.1 Å². The highest BCUT2D eigenvalue weighted by Gasteiger charge is 2.09. The fourth-order valence-corrected chi connectivity index (χ4v) is 3.78. The molecule has 3 aromatic rings. The molecular formula is C16H11N3OS2. The van der Waals surface area contributed by atoms with E-state index < -0.39 is 0 Å². The molecular weight excluding hydrogens is 314 g/mol. The van der Waals surface area contributed by atoms with Gasteiger partial charge >= 0.3 is 0 Å². The molecule has 6 heteroatoms. The zero-order valence-electron chi connectivity index (χ0n) is 11.4. The summed E-state index contributed by atoms with van der Waals surface area (Å²) in [5.74, 6) is 0.117. The molecule has 0 saturated carbocycles. The number of nitrogens with zero attached hydrogens (tertiary/aromatic N) is 2. The van der Waals surface area contributed by atoms with Crippen LogP contribution >= 0.6 is 23.1 Å². The van der Waals surface area contributed by atoms with Crippen molar-refractivity contribution in [3.8, 4) is 6.07 Å². The Labute approximate surface area is 135 Å². The zero-order chi connectivity index (χ0) is 15.4. The SMILES string of the molecule is N#Cc1ccccc1NC(=O)CSc1nc2ccccc2s1. The van der Waals surface area contributed by atoms with E-state index in [0.717, 1.165) is 14.6 Å². The third kappa shape index (κ3) is 3.27. The number of hydrogen-bond acceptors (Lipinski definition) is 5. The van der Waals surface area contributed by atoms with Crippen molar-refractivity contribution < 1.29 is 4.79 Å². The highest BCUT2D eigenvalue weighted by atomic mass is 32.2. The van der Waals surface area contributed by atoms with Crippen molar-refractivity contribution in [2.45, 2.75) is 4.34 Å². The summed E-state index contributed by atoms with van der Waals surface area (Å²) in [6, 6.07) is 16.9. The molecule has 0 aliphatic carbocycles. The molecule has 0 aliphatic heterocycles. The van der Waals surface area contributed by atoms with Gasteiger partial charge in [-0.3, -0.25) is 4.79 Å². The molecule has 3 rings (SSSR count). The highest BCUT2D eigenvalue weighted by Crippen LogP contribution is 2.29. The number of hydrogen-bond donors (Lipinski definition) is 1. The fraction of sp³-hybridized carbons (Fsp3) is 0.0625. The molecule has 0 radical (unpaired) electrons. The number of rotatable bonds is 4. The van der Waals surface area contributed by atoms with Gasteiger partial charge in [-0.2, -0.15) is 5.26 Å². The fourth-order valence-electron chi connectivity index (χ4n) is 1.92. The third-order valence-corrected chi connectivity index (χ3v) is 5.10. The Balaban J connectivity index is 1.64. The van der Waals surface area contributed by atoms with Crippen LogP contribution < -0.4 is 5.32 Å². The number of benzene rings is 2. The maximum absolute atomic E-state index is 12.0. The molecule has 0 atom stereocenters. The standard InChI is InChI=1S/C16H11N3OS2/c17-9-11-5-1-2-6-12(11)18-15(20)10-21-16-19-13-7-3-4-8-14(13)22-16/h1-8H,10H2,(H,18,20). The van der Waals surface area contributed by atoms with Gasteiger partial charge in [-0.05, 0) is 24.3 Å². The van der Waals surface area contributed by atoms with Crippen molar-refractivity contribution in [3.63, 3.8) is 0 Å². The smallest absolute Gasteiger partial charge is 0.234 e. The Bertz CT molecular complexity index is 834. The Morgan fingerprint density at radius 2 is 2.00 bits per heavy atom. The van der Waals surface area contributed by atoms with Crippen LogP contribution in [0.15, 0.2) is 52.9 Å². The summed E-state index contributed by atoms with van der Waals surface area (Å²) in [7, 11) is 0. The zero-order valence-corrected chi connectivity index (χ0v) is 13.1. The Morgan fingerprint density at radius 3 is 2.82 bits per heavy atom. The van der Waals surface area contributed by atoms with Gasteiger partial charge in [0.15, 0.2) is 4.34 Å². The molecule has 1 N–H and O–H groups in total. The number of nitriles is 1. The minimum absolute atomic E-state index is 0.146. The molecule has 1 amide bonds. The first kappa shape index (κ1) is 14.6. The van der Waals surface area contributed by atoms with Crippen LogP contribution in [0.5, 0.6) is 0 Å². The van der Waals surface area contributed by atoms with Gasteiger partial charge in [0, 0.05) is 0 Å². The van der Waals surface area contributed by atoms with E-state index in [9.17, 15) is 4.79 Å². The quantitative estimate of drug-likeness (QED) is 0.739. The normalized spacial score (nSPS) is 10.3. The molecule has 0 fully saturated rings. The monoisotopic (exact) mass is 325 g/mol. The maximum Gasteiger partial charge on any atom is 0.234 e.